The first-order valence-electron chi connectivity index (χ1n) is 15.1. The number of ether oxygens (including phenoxy) is 2. The summed E-state index contributed by atoms with van der Waals surface area (Å²) in [6.07, 6.45) is 0.836. The lowest BCUT2D eigenvalue weighted by Crippen LogP contribution is -2.56. The van der Waals surface area contributed by atoms with E-state index in [-0.39, 0.29) is 11.6 Å². The zero-order valence-electron chi connectivity index (χ0n) is 26.3. The minimum Gasteiger partial charge on any atom is -0.417 e. The van der Waals surface area contributed by atoms with Gasteiger partial charge in [-0.3, -0.25) is 0 Å². The summed E-state index contributed by atoms with van der Waals surface area (Å²) in [6, 6.07) is 20.2. The highest BCUT2D eigenvalue weighted by Crippen LogP contribution is 2.74. The first-order chi connectivity index (χ1) is 19.1. The van der Waals surface area contributed by atoms with E-state index in [0.29, 0.717) is 45.7 Å². The average Bonchev–Trinajstić information content (AvgIpc) is 3.24. The van der Waals surface area contributed by atoms with E-state index in [2.05, 4.69) is 54.3 Å². The van der Waals surface area contributed by atoms with Crippen LogP contribution in [0.1, 0.15) is 65.0 Å². The largest absolute Gasteiger partial charge is 0.417 e. The van der Waals surface area contributed by atoms with Gasteiger partial charge in [0.2, 0.25) is 0 Å². The second-order valence-corrected chi connectivity index (χ2v) is 19.2. The predicted octanol–water partition coefficient (Wildman–Crippen LogP) is 7.29. The normalized spacial score (nSPS) is 31.9. The van der Waals surface area contributed by atoms with E-state index in [4.69, 9.17) is 13.9 Å². The van der Waals surface area contributed by atoms with Gasteiger partial charge in [0.1, 0.15) is 0 Å². The van der Waals surface area contributed by atoms with Crippen molar-refractivity contribution in [2.24, 2.45) is 16.2 Å². The Labute approximate surface area is 249 Å². The average molecular weight is 581 g/mol. The van der Waals surface area contributed by atoms with Gasteiger partial charge < -0.3 is 24.1 Å². The van der Waals surface area contributed by atoms with Crippen LogP contribution in [0.4, 0.5) is 0 Å². The molecule has 0 aliphatic heterocycles. The summed E-state index contributed by atoms with van der Waals surface area (Å²) >= 11 is 0. The second-order valence-electron chi connectivity index (χ2n) is 14.4. The van der Waals surface area contributed by atoms with Crippen LogP contribution in [0.5, 0.6) is 0 Å². The predicted molar refractivity (Wildman–Crippen MR) is 168 cm³/mol. The molecule has 2 aliphatic carbocycles. The summed E-state index contributed by atoms with van der Waals surface area (Å²) < 4.78 is 19.4. The molecule has 0 radical (unpaired) electrons. The number of hydrogen-bond acceptors (Lipinski definition) is 5. The van der Waals surface area contributed by atoms with Gasteiger partial charge in [-0.25, -0.2) is 0 Å². The lowest BCUT2D eigenvalue weighted by atomic mass is 9.61. The van der Waals surface area contributed by atoms with Crippen molar-refractivity contribution in [3.05, 3.63) is 83.9 Å². The van der Waals surface area contributed by atoms with Gasteiger partial charge >= 0.3 is 0 Å². The fraction of sp³-hybridized carbons (Fsp3) is 0.600. The van der Waals surface area contributed by atoms with Crippen molar-refractivity contribution in [2.45, 2.75) is 96.9 Å². The molecule has 226 valence electrons. The van der Waals surface area contributed by atoms with Crippen LogP contribution in [0.3, 0.4) is 0 Å². The van der Waals surface area contributed by atoms with Crippen LogP contribution in [0.25, 0.3) is 0 Å². The van der Waals surface area contributed by atoms with Crippen LogP contribution >= 0.6 is 0 Å². The maximum atomic E-state index is 12.9. The Morgan fingerprint density at radius 1 is 0.902 bits per heavy atom. The lowest BCUT2D eigenvalue weighted by molar-refractivity contribution is -0.171. The first-order valence-corrected chi connectivity index (χ1v) is 18.0. The molecule has 2 aromatic rings. The molecule has 0 aromatic heterocycles. The molecule has 2 aliphatic rings. The van der Waals surface area contributed by atoms with Gasteiger partial charge in [0, 0.05) is 22.9 Å². The Morgan fingerprint density at radius 2 is 1.41 bits per heavy atom. The quantitative estimate of drug-likeness (QED) is 0.204. The highest BCUT2D eigenvalue weighted by molar-refractivity contribution is 6.74. The monoisotopic (exact) mass is 580 g/mol. The van der Waals surface area contributed by atoms with Crippen molar-refractivity contribution >= 4 is 8.32 Å². The Hall–Kier alpha value is -1.80. The van der Waals surface area contributed by atoms with E-state index in [1.807, 2.05) is 60.7 Å². The van der Waals surface area contributed by atoms with Crippen LogP contribution < -0.4 is 0 Å². The molecule has 4 rings (SSSR count). The summed E-state index contributed by atoms with van der Waals surface area (Å²) in [5, 5.41) is 25.4. The smallest absolute Gasteiger partial charge is 0.191 e. The number of benzene rings is 2. The molecule has 5 nitrogen and oxygen atoms in total. The topological polar surface area (TPSA) is 68.2 Å². The second kappa shape index (κ2) is 11.7. The van der Waals surface area contributed by atoms with E-state index in [0.717, 1.165) is 16.7 Å². The molecule has 0 heterocycles. The summed E-state index contributed by atoms with van der Waals surface area (Å²) in [4.78, 5) is 0. The van der Waals surface area contributed by atoms with Crippen molar-refractivity contribution in [1.29, 1.82) is 0 Å². The Bertz CT molecular complexity index is 1180. The van der Waals surface area contributed by atoms with E-state index in [1.165, 1.54) is 0 Å². The van der Waals surface area contributed by atoms with E-state index >= 15 is 0 Å². The molecule has 2 saturated carbocycles. The molecule has 6 heteroatoms. The lowest BCUT2D eigenvalue weighted by Gasteiger charge is -2.49. The van der Waals surface area contributed by atoms with Gasteiger partial charge in [0.25, 0.3) is 0 Å². The van der Waals surface area contributed by atoms with Crippen molar-refractivity contribution in [3.63, 3.8) is 0 Å². The number of aliphatic hydroxyl groups excluding tert-OH is 1. The third kappa shape index (κ3) is 5.41. The molecule has 0 saturated heterocycles. The maximum absolute atomic E-state index is 12.9. The van der Waals surface area contributed by atoms with Gasteiger partial charge in [-0.15, -0.1) is 0 Å². The highest BCUT2D eigenvalue weighted by atomic mass is 28.4. The summed E-state index contributed by atoms with van der Waals surface area (Å²) in [5.74, 6) is 0. The molecule has 0 unspecified atom stereocenters. The van der Waals surface area contributed by atoms with E-state index in [1.54, 1.807) is 0 Å². The van der Waals surface area contributed by atoms with Crippen molar-refractivity contribution in [3.8, 4) is 0 Å². The highest BCUT2D eigenvalue weighted by Gasteiger charge is 2.80. The molecule has 0 amide bonds. The van der Waals surface area contributed by atoms with E-state index in [9.17, 15) is 10.2 Å². The van der Waals surface area contributed by atoms with Gasteiger partial charge in [-0.2, -0.15) is 0 Å². The molecule has 2 fully saturated rings. The fourth-order valence-electron chi connectivity index (χ4n) is 7.20. The van der Waals surface area contributed by atoms with Gasteiger partial charge in [-0.05, 0) is 48.5 Å². The molecule has 0 spiro atoms. The van der Waals surface area contributed by atoms with Crippen molar-refractivity contribution in [2.75, 3.05) is 19.8 Å². The third-order valence-corrected chi connectivity index (χ3v) is 15.7. The van der Waals surface area contributed by atoms with Crippen LogP contribution in [0.15, 0.2) is 72.8 Å². The van der Waals surface area contributed by atoms with E-state index < -0.39 is 36.3 Å². The van der Waals surface area contributed by atoms with Crippen LogP contribution in [-0.4, -0.2) is 50.1 Å². The number of fused-ring (bicyclic) bond motifs is 1. The summed E-state index contributed by atoms with van der Waals surface area (Å²) in [7, 11) is -2.02. The molecule has 0 bridgehead atoms. The fourth-order valence-corrected chi connectivity index (χ4v) is 8.25. The SMILES string of the molecule is C=C1CC[C@]2(O)[C@](C)(COCc3ccccc3)[C@](C)(COCc3ccccc3)[C@@H](O)[C@]12CCO[Si](C)(C)C(C)(C)C. The first kappa shape index (κ1) is 32.1. The summed E-state index contributed by atoms with van der Waals surface area (Å²) in [5.41, 5.74) is -0.679. The van der Waals surface area contributed by atoms with Crippen LogP contribution in [-0.2, 0) is 27.1 Å². The van der Waals surface area contributed by atoms with Crippen molar-refractivity contribution < 1.29 is 24.1 Å². The molecular formula is C35H52O5Si. The van der Waals surface area contributed by atoms with Crippen LogP contribution in [0.2, 0.25) is 18.1 Å². The molecular weight excluding hydrogens is 528 g/mol. The number of hydrogen-bond donors (Lipinski definition) is 2. The van der Waals surface area contributed by atoms with Gasteiger partial charge in [0.15, 0.2) is 8.32 Å². The van der Waals surface area contributed by atoms with Crippen molar-refractivity contribution in [1.82, 2.24) is 0 Å². The van der Waals surface area contributed by atoms with Gasteiger partial charge in [0.05, 0.1) is 38.1 Å². The zero-order chi connectivity index (χ0) is 30.2. The number of aliphatic hydroxyl groups is 2. The molecule has 2 N–H and O–H groups in total. The summed E-state index contributed by atoms with van der Waals surface area (Å²) in [6.45, 7) is 21.7. The molecule has 5 atom stereocenters. The molecule has 41 heavy (non-hydrogen) atoms. The standard InChI is InChI=1S/C35H52O5Si/c1-27-19-20-35(37)33(6,26-39-24-29-17-13-10-14-18-29)32(5,25-38-23-28-15-11-9-12-16-28)30(36)34(27,35)21-22-40-41(7,8)31(2,3)4/h9-18,30,36-37H,1,19-26H2,2-8H3/t30-,32-,33-,34+,35+/m1/s1. The third-order valence-electron chi connectivity index (χ3n) is 11.2. The minimum absolute atomic E-state index is 0.0710. The zero-order valence-corrected chi connectivity index (χ0v) is 27.3. The Kier molecular flexibility index (Phi) is 9.17. The number of rotatable bonds is 12. The molecule has 2 aromatic carbocycles. The van der Waals surface area contributed by atoms with Crippen LogP contribution in [0, 0.1) is 16.2 Å². The Balaban J connectivity index is 1.66. The van der Waals surface area contributed by atoms with Gasteiger partial charge in [-0.1, -0.05) is 107 Å². The maximum Gasteiger partial charge on any atom is 0.191 e. The minimum atomic E-state index is -2.02. The Morgan fingerprint density at radius 3 is 1.93 bits per heavy atom.